The molecule has 0 amide bonds. The van der Waals surface area contributed by atoms with Gasteiger partial charge >= 0.3 is 0 Å². The van der Waals surface area contributed by atoms with Crippen LogP contribution in [-0.2, 0) is 0 Å². The van der Waals surface area contributed by atoms with E-state index in [1.165, 1.54) is 5.56 Å². The Balaban J connectivity index is 2.69. The van der Waals surface area contributed by atoms with Crippen molar-refractivity contribution in [2.45, 2.75) is 39.8 Å². The Morgan fingerprint density at radius 3 is 2.50 bits per heavy atom. The molecule has 0 aliphatic carbocycles. The maximum Gasteiger partial charge on any atom is 0.105 e. The highest BCUT2D eigenvalue weighted by molar-refractivity contribution is 5.23. The third kappa shape index (κ3) is 2.59. The van der Waals surface area contributed by atoms with Gasteiger partial charge in [-0.25, -0.2) is 0 Å². The lowest BCUT2D eigenvalue weighted by Gasteiger charge is -2.18. The number of nitrogens with two attached hydrogens (primary N) is 1. The topological polar surface area (TPSA) is 51.2 Å². The van der Waals surface area contributed by atoms with Gasteiger partial charge in [-0.1, -0.05) is 0 Å². The second-order valence-electron chi connectivity index (χ2n) is 3.89. The number of rotatable bonds is 4. The molecule has 0 aliphatic rings. The molecule has 3 N–H and O–H groups in total. The third-order valence-electron chi connectivity index (χ3n) is 2.43. The summed E-state index contributed by atoms with van der Waals surface area (Å²) in [5.41, 5.74) is 6.78. The van der Waals surface area contributed by atoms with Crippen LogP contribution >= 0.6 is 0 Å². The van der Waals surface area contributed by atoms with Crippen LogP contribution in [0, 0.1) is 13.8 Å². The van der Waals surface area contributed by atoms with E-state index in [1.807, 2.05) is 13.8 Å². The van der Waals surface area contributed by atoms with E-state index in [4.69, 9.17) is 10.2 Å². The normalized spacial score (nSPS) is 15.5. The van der Waals surface area contributed by atoms with Crippen molar-refractivity contribution in [1.29, 1.82) is 0 Å². The summed E-state index contributed by atoms with van der Waals surface area (Å²) in [5, 5.41) is 3.41. The summed E-state index contributed by atoms with van der Waals surface area (Å²) < 4.78 is 5.48. The van der Waals surface area contributed by atoms with Crippen molar-refractivity contribution in [3.05, 3.63) is 23.2 Å². The van der Waals surface area contributed by atoms with Crippen molar-refractivity contribution >= 4 is 0 Å². The van der Waals surface area contributed by atoms with Crippen LogP contribution in [0.5, 0.6) is 0 Å². The summed E-state index contributed by atoms with van der Waals surface area (Å²) in [4.78, 5) is 0. The number of hydrogen-bond acceptors (Lipinski definition) is 3. The smallest absolute Gasteiger partial charge is 0.105 e. The fourth-order valence-corrected chi connectivity index (χ4v) is 1.66. The summed E-state index contributed by atoms with van der Waals surface area (Å²) in [6.07, 6.45) is 0. The third-order valence-corrected chi connectivity index (χ3v) is 2.43. The molecule has 3 heteroatoms. The van der Waals surface area contributed by atoms with Crippen LogP contribution in [0.2, 0.25) is 0 Å². The molecule has 3 nitrogen and oxygen atoms in total. The van der Waals surface area contributed by atoms with Crippen molar-refractivity contribution in [2.24, 2.45) is 5.73 Å². The van der Waals surface area contributed by atoms with E-state index in [0.29, 0.717) is 18.6 Å². The van der Waals surface area contributed by atoms with Crippen LogP contribution in [0.15, 0.2) is 10.5 Å². The first-order chi connectivity index (χ1) is 6.54. The molecule has 0 aromatic carbocycles. The molecule has 0 saturated carbocycles. The lowest BCUT2D eigenvalue weighted by Crippen LogP contribution is -2.35. The van der Waals surface area contributed by atoms with Gasteiger partial charge in [0.1, 0.15) is 11.5 Å². The van der Waals surface area contributed by atoms with Crippen LogP contribution < -0.4 is 11.1 Å². The molecular weight excluding hydrogens is 176 g/mol. The molecule has 2 atom stereocenters. The summed E-state index contributed by atoms with van der Waals surface area (Å²) in [7, 11) is 0. The number of aryl methyl sites for hydroxylation is 2. The van der Waals surface area contributed by atoms with Gasteiger partial charge in [-0.15, -0.1) is 0 Å². The minimum Gasteiger partial charge on any atom is -0.466 e. The van der Waals surface area contributed by atoms with E-state index in [-0.39, 0.29) is 0 Å². The Hall–Kier alpha value is -0.800. The van der Waals surface area contributed by atoms with E-state index < -0.39 is 0 Å². The maximum absolute atomic E-state index is 5.56. The zero-order chi connectivity index (χ0) is 10.7. The largest absolute Gasteiger partial charge is 0.466 e. The molecule has 14 heavy (non-hydrogen) atoms. The van der Waals surface area contributed by atoms with E-state index >= 15 is 0 Å². The molecule has 0 saturated heterocycles. The highest BCUT2D eigenvalue weighted by Gasteiger charge is 2.13. The van der Waals surface area contributed by atoms with Crippen LogP contribution in [0.25, 0.3) is 0 Å². The first-order valence-corrected chi connectivity index (χ1v) is 5.07. The van der Waals surface area contributed by atoms with E-state index in [0.717, 1.165) is 11.5 Å². The standard InChI is InChI=1S/C11H20N2O/c1-7(6-12)13-9(3)11-5-8(2)14-10(11)4/h5,7,9,13H,6,12H2,1-4H3. The minimum absolute atomic E-state index is 0.297. The van der Waals surface area contributed by atoms with Gasteiger partial charge in [0.25, 0.3) is 0 Å². The Morgan fingerprint density at radius 1 is 1.43 bits per heavy atom. The second kappa shape index (κ2) is 4.62. The zero-order valence-electron chi connectivity index (χ0n) is 9.42. The van der Waals surface area contributed by atoms with Crippen molar-refractivity contribution in [3.63, 3.8) is 0 Å². The molecule has 0 fully saturated rings. The highest BCUT2D eigenvalue weighted by atomic mass is 16.3. The first-order valence-electron chi connectivity index (χ1n) is 5.07. The SMILES string of the molecule is Cc1cc(C(C)NC(C)CN)c(C)o1. The Labute approximate surface area is 85.7 Å². The zero-order valence-corrected chi connectivity index (χ0v) is 9.42. The number of hydrogen-bond donors (Lipinski definition) is 2. The molecular formula is C11H20N2O. The molecule has 1 aromatic rings. The van der Waals surface area contributed by atoms with Crippen molar-refractivity contribution in [1.82, 2.24) is 5.32 Å². The predicted molar refractivity (Wildman–Crippen MR) is 58.2 cm³/mol. The van der Waals surface area contributed by atoms with Crippen LogP contribution in [0.3, 0.4) is 0 Å². The number of nitrogens with one attached hydrogen (secondary N) is 1. The lowest BCUT2D eigenvalue weighted by atomic mass is 10.1. The average Bonchev–Trinajstić information content (AvgIpc) is 2.45. The molecule has 1 aromatic heterocycles. The second-order valence-corrected chi connectivity index (χ2v) is 3.89. The van der Waals surface area contributed by atoms with Gasteiger partial charge in [-0.2, -0.15) is 0 Å². The maximum atomic E-state index is 5.56. The summed E-state index contributed by atoms with van der Waals surface area (Å²) in [6, 6.07) is 2.71. The summed E-state index contributed by atoms with van der Waals surface area (Å²) in [6.45, 7) is 8.83. The Bertz CT molecular complexity index is 293. The molecule has 0 spiro atoms. The fourth-order valence-electron chi connectivity index (χ4n) is 1.66. The number of furan rings is 1. The Kier molecular flexibility index (Phi) is 3.72. The average molecular weight is 196 g/mol. The fraction of sp³-hybridized carbons (Fsp3) is 0.636. The molecule has 2 unspecified atom stereocenters. The van der Waals surface area contributed by atoms with Gasteiger partial charge < -0.3 is 15.5 Å². The molecule has 1 heterocycles. The van der Waals surface area contributed by atoms with Gasteiger partial charge in [0.2, 0.25) is 0 Å². The molecule has 0 bridgehead atoms. The van der Waals surface area contributed by atoms with Crippen LogP contribution in [-0.4, -0.2) is 12.6 Å². The van der Waals surface area contributed by atoms with Gasteiger partial charge in [0.05, 0.1) is 0 Å². The van der Waals surface area contributed by atoms with Crippen molar-refractivity contribution in [2.75, 3.05) is 6.54 Å². The first kappa shape index (κ1) is 11.3. The molecule has 0 aliphatic heterocycles. The van der Waals surface area contributed by atoms with Gasteiger partial charge in [-0.3, -0.25) is 0 Å². The molecule has 1 rings (SSSR count). The highest BCUT2D eigenvalue weighted by Crippen LogP contribution is 2.21. The molecule has 0 radical (unpaired) electrons. The van der Waals surface area contributed by atoms with Gasteiger partial charge in [-0.05, 0) is 33.8 Å². The quantitative estimate of drug-likeness (QED) is 0.773. The lowest BCUT2D eigenvalue weighted by molar-refractivity contribution is 0.464. The monoisotopic (exact) mass is 196 g/mol. The predicted octanol–water partition coefficient (Wildman–Crippen LogP) is 1.89. The van der Waals surface area contributed by atoms with E-state index in [1.54, 1.807) is 0 Å². The van der Waals surface area contributed by atoms with Gasteiger partial charge in [0.15, 0.2) is 0 Å². The summed E-state index contributed by atoms with van der Waals surface area (Å²) >= 11 is 0. The van der Waals surface area contributed by atoms with Crippen LogP contribution in [0.4, 0.5) is 0 Å². The summed E-state index contributed by atoms with van der Waals surface area (Å²) in [5.74, 6) is 1.96. The van der Waals surface area contributed by atoms with Gasteiger partial charge in [0, 0.05) is 24.2 Å². The Morgan fingerprint density at radius 2 is 2.07 bits per heavy atom. The molecule has 80 valence electrons. The van der Waals surface area contributed by atoms with E-state index in [9.17, 15) is 0 Å². The minimum atomic E-state index is 0.297. The van der Waals surface area contributed by atoms with Crippen molar-refractivity contribution in [3.8, 4) is 0 Å². The van der Waals surface area contributed by atoms with E-state index in [2.05, 4.69) is 25.2 Å². The van der Waals surface area contributed by atoms with Crippen molar-refractivity contribution < 1.29 is 4.42 Å². The van der Waals surface area contributed by atoms with Crippen LogP contribution in [0.1, 0.15) is 37.0 Å².